The maximum absolute atomic E-state index is 12.3. The molecule has 0 atom stereocenters. The topological polar surface area (TPSA) is 46.3 Å². The first-order valence-corrected chi connectivity index (χ1v) is 7.48. The van der Waals surface area contributed by atoms with Gasteiger partial charge in [0.25, 0.3) is 5.91 Å². The molecule has 0 radical (unpaired) electrons. The minimum atomic E-state index is -0.0773. The zero-order chi connectivity index (χ0) is 14.7. The van der Waals surface area contributed by atoms with Crippen LogP contribution in [-0.4, -0.2) is 17.9 Å². The zero-order valence-electron chi connectivity index (χ0n) is 10.9. The zero-order valence-corrected chi connectivity index (χ0v) is 13.9. The van der Waals surface area contributed by atoms with Crippen LogP contribution in [0.1, 0.15) is 15.9 Å². The minimum absolute atomic E-state index is 0.0773. The van der Waals surface area contributed by atoms with Gasteiger partial charge in [-0.3, -0.25) is 4.79 Å². The van der Waals surface area contributed by atoms with Crippen molar-refractivity contribution in [2.45, 2.75) is 6.54 Å². The molecule has 2 aromatic carbocycles. The van der Waals surface area contributed by atoms with E-state index in [4.69, 9.17) is 17.3 Å². The van der Waals surface area contributed by atoms with E-state index in [1.165, 1.54) is 0 Å². The molecular weight excluding hydrogens is 387 g/mol. The van der Waals surface area contributed by atoms with Crippen molar-refractivity contribution in [3.63, 3.8) is 0 Å². The highest BCUT2D eigenvalue weighted by molar-refractivity contribution is 14.1. The lowest BCUT2D eigenvalue weighted by atomic mass is 10.1. The van der Waals surface area contributed by atoms with E-state index >= 15 is 0 Å². The van der Waals surface area contributed by atoms with E-state index in [0.717, 1.165) is 9.13 Å². The maximum atomic E-state index is 12.3. The minimum Gasteiger partial charge on any atom is -0.398 e. The Morgan fingerprint density at radius 1 is 1.30 bits per heavy atom. The predicted octanol–water partition coefficient (Wildman–Crippen LogP) is 3.80. The number of rotatable bonds is 3. The Morgan fingerprint density at radius 2 is 2.00 bits per heavy atom. The number of hydrogen-bond donors (Lipinski definition) is 1. The van der Waals surface area contributed by atoms with Gasteiger partial charge >= 0.3 is 0 Å². The van der Waals surface area contributed by atoms with Crippen LogP contribution in [0.5, 0.6) is 0 Å². The molecule has 1 amide bonds. The molecule has 0 bridgehead atoms. The van der Waals surface area contributed by atoms with Crippen LogP contribution in [0.25, 0.3) is 0 Å². The van der Waals surface area contributed by atoms with E-state index in [-0.39, 0.29) is 5.91 Å². The number of para-hydroxylation sites is 1. The van der Waals surface area contributed by atoms with E-state index in [2.05, 4.69) is 22.6 Å². The normalized spacial score (nSPS) is 10.3. The predicted molar refractivity (Wildman–Crippen MR) is 90.8 cm³/mol. The van der Waals surface area contributed by atoms with Gasteiger partial charge < -0.3 is 10.6 Å². The second-order valence-electron chi connectivity index (χ2n) is 4.49. The van der Waals surface area contributed by atoms with Gasteiger partial charge in [0.1, 0.15) is 0 Å². The molecule has 0 fully saturated rings. The average molecular weight is 401 g/mol. The van der Waals surface area contributed by atoms with Crippen molar-refractivity contribution in [1.29, 1.82) is 0 Å². The molecule has 2 rings (SSSR count). The van der Waals surface area contributed by atoms with E-state index in [1.54, 1.807) is 24.1 Å². The highest BCUT2D eigenvalue weighted by atomic mass is 127. The number of benzene rings is 2. The third kappa shape index (κ3) is 3.43. The van der Waals surface area contributed by atoms with Crippen LogP contribution >= 0.6 is 34.2 Å². The van der Waals surface area contributed by atoms with E-state index in [9.17, 15) is 4.79 Å². The Labute approximate surface area is 136 Å². The number of nitrogens with zero attached hydrogens (tertiary/aromatic N) is 1. The summed E-state index contributed by atoms with van der Waals surface area (Å²) in [6.07, 6.45) is 0. The molecule has 0 aliphatic rings. The third-order valence-corrected chi connectivity index (χ3v) is 4.55. The number of carbonyl (C=O) groups excluding carboxylic acids is 1. The Hall–Kier alpha value is -1.27. The van der Waals surface area contributed by atoms with Gasteiger partial charge in [0, 0.05) is 28.4 Å². The summed E-state index contributed by atoms with van der Waals surface area (Å²) in [6.45, 7) is 0.467. The van der Waals surface area contributed by atoms with Crippen LogP contribution < -0.4 is 5.73 Å². The molecule has 5 heteroatoms. The van der Waals surface area contributed by atoms with Gasteiger partial charge in [-0.15, -0.1) is 0 Å². The number of nitrogen functional groups attached to an aromatic ring is 1. The van der Waals surface area contributed by atoms with Crippen molar-refractivity contribution in [1.82, 2.24) is 4.90 Å². The first kappa shape index (κ1) is 15.1. The van der Waals surface area contributed by atoms with Crippen LogP contribution in [0.2, 0.25) is 5.02 Å². The van der Waals surface area contributed by atoms with Crippen molar-refractivity contribution in [2.24, 2.45) is 0 Å². The van der Waals surface area contributed by atoms with Crippen LogP contribution in [0.15, 0.2) is 42.5 Å². The molecule has 0 saturated carbocycles. The fourth-order valence-corrected chi connectivity index (χ4v) is 2.37. The number of nitrogens with two attached hydrogens (primary N) is 1. The van der Waals surface area contributed by atoms with Crippen molar-refractivity contribution in [3.05, 3.63) is 62.2 Å². The summed E-state index contributed by atoms with van der Waals surface area (Å²) in [5.41, 5.74) is 8.09. The van der Waals surface area contributed by atoms with E-state index in [0.29, 0.717) is 22.8 Å². The smallest absolute Gasteiger partial charge is 0.253 e. The monoisotopic (exact) mass is 400 g/mol. The van der Waals surface area contributed by atoms with Crippen molar-refractivity contribution in [2.75, 3.05) is 12.8 Å². The number of halogens is 2. The fourth-order valence-electron chi connectivity index (χ4n) is 1.86. The van der Waals surface area contributed by atoms with Crippen LogP contribution in [-0.2, 0) is 6.54 Å². The van der Waals surface area contributed by atoms with E-state index < -0.39 is 0 Å². The first-order chi connectivity index (χ1) is 9.49. The largest absolute Gasteiger partial charge is 0.398 e. The first-order valence-electron chi connectivity index (χ1n) is 6.03. The Morgan fingerprint density at radius 3 is 2.65 bits per heavy atom. The molecule has 104 valence electrons. The second kappa shape index (κ2) is 6.45. The van der Waals surface area contributed by atoms with Crippen LogP contribution in [0.3, 0.4) is 0 Å². The maximum Gasteiger partial charge on any atom is 0.253 e. The molecule has 0 spiro atoms. The third-order valence-electron chi connectivity index (χ3n) is 2.98. The highest BCUT2D eigenvalue weighted by Crippen LogP contribution is 2.21. The Balaban J connectivity index is 2.16. The highest BCUT2D eigenvalue weighted by Gasteiger charge is 2.14. The molecule has 20 heavy (non-hydrogen) atoms. The fraction of sp³-hybridized carbons (Fsp3) is 0.133. The Kier molecular flexibility index (Phi) is 4.88. The standard InChI is InChI=1S/C15H14ClIN2O/c1-19(9-11-4-2-3-5-14(11)18)15(20)10-6-7-13(17)12(16)8-10/h2-8H,9,18H2,1H3. The molecule has 0 aliphatic heterocycles. The number of anilines is 1. The summed E-state index contributed by atoms with van der Waals surface area (Å²) in [7, 11) is 1.75. The molecule has 0 heterocycles. The van der Waals surface area contributed by atoms with Crippen molar-refractivity contribution >= 4 is 45.8 Å². The van der Waals surface area contributed by atoms with Crippen molar-refractivity contribution < 1.29 is 4.79 Å². The average Bonchev–Trinajstić information content (AvgIpc) is 2.43. The van der Waals surface area contributed by atoms with Gasteiger partial charge in [0.15, 0.2) is 0 Å². The van der Waals surface area contributed by atoms with E-state index in [1.807, 2.05) is 30.3 Å². The summed E-state index contributed by atoms with van der Waals surface area (Å²) < 4.78 is 0.927. The quantitative estimate of drug-likeness (QED) is 0.629. The second-order valence-corrected chi connectivity index (χ2v) is 6.06. The van der Waals surface area contributed by atoms with Crippen LogP contribution in [0.4, 0.5) is 5.69 Å². The summed E-state index contributed by atoms with van der Waals surface area (Å²) in [5.74, 6) is -0.0773. The Bertz CT molecular complexity index is 646. The molecule has 0 unspecified atom stereocenters. The van der Waals surface area contributed by atoms with Gasteiger partial charge in [-0.25, -0.2) is 0 Å². The summed E-state index contributed by atoms with van der Waals surface area (Å²) >= 11 is 8.18. The molecular formula is C15H14ClIN2O. The van der Waals surface area contributed by atoms with Gasteiger partial charge in [-0.1, -0.05) is 29.8 Å². The molecule has 0 saturated heterocycles. The lowest BCUT2D eigenvalue weighted by Gasteiger charge is -2.18. The molecule has 0 aromatic heterocycles. The summed E-state index contributed by atoms with van der Waals surface area (Å²) in [5, 5.41) is 0.587. The number of amides is 1. The van der Waals surface area contributed by atoms with Gasteiger partial charge in [0.05, 0.1) is 5.02 Å². The SMILES string of the molecule is CN(Cc1ccccc1N)C(=O)c1ccc(I)c(Cl)c1. The molecule has 3 nitrogen and oxygen atoms in total. The number of carbonyl (C=O) groups is 1. The lowest BCUT2D eigenvalue weighted by Crippen LogP contribution is -2.26. The van der Waals surface area contributed by atoms with Gasteiger partial charge in [-0.2, -0.15) is 0 Å². The van der Waals surface area contributed by atoms with Gasteiger partial charge in [-0.05, 0) is 52.4 Å². The molecule has 2 N–H and O–H groups in total. The van der Waals surface area contributed by atoms with Crippen LogP contribution in [0, 0.1) is 3.57 Å². The van der Waals surface area contributed by atoms with Crippen molar-refractivity contribution in [3.8, 4) is 0 Å². The summed E-state index contributed by atoms with van der Waals surface area (Å²) in [6, 6.07) is 12.8. The molecule has 0 aliphatic carbocycles. The molecule has 2 aromatic rings. The number of hydrogen-bond acceptors (Lipinski definition) is 2. The lowest BCUT2D eigenvalue weighted by molar-refractivity contribution is 0.0785. The summed E-state index contributed by atoms with van der Waals surface area (Å²) in [4.78, 5) is 14.0. The van der Waals surface area contributed by atoms with Gasteiger partial charge in [0.2, 0.25) is 0 Å².